The number of pyridine rings is 1. The molecule has 4 nitrogen and oxygen atoms in total. The minimum atomic E-state index is 0.613. The van der Waals surface area contributed by atoms with E-state index in [1.54, 1.807) is 0 Å². The Balaban J connectivity index is 1.60. The SMILES string of the molecule is c1cc(CNc2nc(C3CC3)nc3c2CCC3)ccn1. The molecule has 4 heteroatoms. The number of anilines is 1. The normalized spacial score (nSPS) is 17.0. The van der Waals surface area contributed by atoms with Crippen molar-refractivity contribution in [3.05, 3.63) is 47.2 Å². The maximum atomic E-state index is 4.78. The Hall–Kier alpha value is -1.97. The average molecular weight is 266 g/mol. The standard InChI is InChI=1S/C16H18N4/c1-2-13-14(3-1)19-15(12-4-5-12)20-16(13)18-10-11-6-8-17-9-7-11/h6-9,12H,1-5,10H2,(H,18,19,20). The van der Waals surface area contributed by atoms with Crippen LogP contribution < -0.4 is 5.32 Å². The van der Waals surface area contributed by atoms with Crippen LogP contribution in [0.3, 0.4) is 0 Å². The third kappa shape index (κ3) is 2.26. The summed E-state index contributed by atoms with van der Waals surface area (Å²) in [6.45, 7) is 0.802. The molecule has 0 amide bonds. The second-order valence-electron chi connectivity index (χ2n) is 5.69. The largest absolute Gasteiger partial charge is 0.366 e. The van der Waals surface area contributed by atoms with E-state index >= 15 is 0 Å². The molecule has 1 N–H and O–H groups in total. The fourth-order valence-electron chi connectivity index (χ4n) is 2.81. The van der Waals surface area contributed by atoms with Crippen LogP contribution in [0.15, 0.2) is 24.5 Å². The second kappa shape index (κ2) is 4.85. The predicted octanol–water partition coefficient (Wildman–Crippen LogP) is 2.85. The van der Waals surface area contributed by atoms with Gasteiger partial charge in [-0.25, -0.2) is 9.97 Å². The van der Waals surface area contributed by atoms with Gasteiger partial charge in [-0.05, 0) is 49.8 Å². The van der Waals surface area contributed by atoms with E-state index in [1.165, 1.54) is 36.1 Å². The summed E-state index contributed by atoms with van der Waals surface area (Å²) < 4.78 is 0. The average Bonchev–Trinajstić information content (AvgIpc) is 3.24. The molecule has 4 rings (SSSR count). The maximum Gasteiger partial charge on any atom is 0.134 e. The molecule has 2 aromatic rings. The molecule has 0 aromatic carbocycles. The summed E-state index contributed by atoms with van der Waals surface area (Å²) in [5, 5.41) is 3.51. The van der Waals surface area contributed by atoms with Crippen molar-refractivity contribution in [2.75, 3.05) is 5.32 Å². The van der Waals surface area contributed by atoms with Gasteiger partial charge in [0, 0.05) is 36.1 Å². The summed E-state index contributed by atoms with van der Waals surface area (Å²) in [5.41, 5.74) is 3.85. The lowest BCUT2D eigenvalue weighted by Gasteiger charge is -2.12. The number of aryl methyl sites for hydroxylation is 1. The molecule has 0 atom stereocenters. The van der Waals surface area contributed by atoms with Crippen molar-refractivity contribution in [1.29, 1.82) is 0 Å². The van der Waals surface area contributed by atoms with Gasteiger partial charge in [-0.15, -0.1) is 0 Å². The summed E-state index contributed by atoms with van der Waals surface area (Å²) in [6, 6.07) is 4.08. The summed E-state index contributed by atoms with van der Waals surface area (Å²) in [7, 11) is 0. The van der Waals surface area contributed by atoms with Crippen LogP contribution in [-0.4, -0.2) is 15.0 Å². The molecule has 1 fully saturated rings. The van der Waals surface area contributed by atoms with E-state index in [0.717, 1.165) is 31.0 Å². The first-order valence-electron chi connectivity index (χ1n) is 7.42. The van der Waals surface area contributed by atoms with Crippen LogP contribution in [0, 0.1) is 0 Å². The Bertz CT molecular complexity index is 620. The molecule has 102 valence electrons. The molecule has 2 aliphatic rings. The van der Waals surface area contributed by atoms with Gasteiger partial charge >= 0.3 is 0 Å². The first-order chi connectivity index (χ1) is 9.90. The number of aromatic nitrogens is 3. The minimum absolute atomic E-state index is 0.613. The highest BCUT2D eigenvalue weighted by Gasteiger charge is 2.29. The van der Waals surface area contributed by atoms with Gasteiger partial charge in [0.25, 0.3) is 0 Å². The topological polar surface area (TPSA) is 50.7 Å². The van der Waals surface area contributed by atoms with Gasteiger partial charge in [0.15, 0.2) is 0 Å². The van der Waals surface area contributed by atoms with Crippen LogP contribution >= 0.6 is 0 Å². The molecular weight excluding hydrogens is 248 g/mol. The van der Waals surface area contributed by atoms with Crippen LogP contribution in [0.5, 0.6) is 0 Å². The minimum Gasteiger partial charge on any atom is -0.366 e. The molecule has 0 radical (unpaired) electrons. The van der Waals surface area contributed by atoms with Crippen molar-refractivity contribution >= 4 is 5.82 Å². The number of hydrogen-bond acceptors (Lipinski definition) is 4. The van der Waals surface area contributed by atoms with Crippen molar-refractivity contribution in [2.24, 2.45) is 0 Å². The van der Waals surface area contributed by atoms with Gasteiger partial charge in [0.05, 0.1) is 0 Å². The van der Waals surface area contributed by atoms with E-state index in [9.17, 15) is 0 Å². The molecule has 0 aliphatic heterocycles. The zero-order chi connectivity index (χ0) is 13.4. The van der Waals surface area contributed by atoms with Crippen molar-refractivity contribution in [1.82, 2.24) is 15.0 Å². The van der Waals surface area contributed by atoms with Gasteiger partial charge in [0.1, 0.15) is 11.6 Å². The van der Waals surface area contributed by atoms with Gasteiger partial charge < -0.3 is 5.32 Å². The quantitative estimate of drug-likeness (QED) is 0.924. The molecule has 2 aliphatic carbocycles. The van der Waals surface area contributed by atoms with Crippen LogP contribution in [0.25, 0.3) is 0 Å². The zero-order valence-electron chi connectivity index (χ0n) is 11.5. The third-order valence-electron chi connectivity index (χ3n) is 4.10. The van der Waals surface area contributed by atoms with Crippen LogP contribution in [-0.2, 0) is 19.4 Å². The zero-order valence-corrected chi connectivity index (χ0v) is 11.5. The van der Waals surface area contributed by atoms with Crippen molar-refractivity contribution in [3.8, 4) is 0 Å². The monoisotopic (exact) mass is 266 g/mol. The second-order valence-corrected chi connectivity index (χ2v) is 5.69. The molecule has 2 heterocycles. The molecular formula is C16H18N4. The number of hydrogen-bond donors (Lipinski definition) is 1. The lowest BCUT2D eigenvalue weighted by molar-refractivity contribution is 0.870. The van der Waals surface area contributed by atoms with E-state index < -0.39 is 0 Å². The molecule has 2 aromatic heterocycles. The van der Waals surface area contributed by atoms with E-state index in [2.05, 4.69) is 10.3 Å². The summed E-state index contributed by atoms with van der Waals surface area (Å²) >= 11 is 0. The van der Waals surface area contributed by atoms with Gasteiger partial charge in [-0.3, -0.25) is 4.98 Å². The maximum absolute atomic E-state index is 4.78. The highest BCUT2D eigenvalue weighted by atomic mass is 15.0. The Kier molecular flexibility index (Phi) is 2.87. The fraction of sp³-hybridized carbons (Fsp3) is 0.438. The Labute approximate surface area is 118 Å². The highest BCUT2D eigenvalue weighted by Crippen LogP contribution is 2.40. The van der Waals surface area contributed by atoms with Gasteiger partial charge in [0.2, 0.25) is 0 Å². The third-order valence-corrected chi connectivity index (χ3v) is 4.10. The van der Waals surface area contributed by atoms with E-state index in [0.29, 0.717) is 5.92 Å². The Morgan fingerprint density at radius 2 is 1.95 bits per heavy atom. The number of nitrogens with zero attached hydrogens (tertiary/aromatic N) is 3. The fourth-order valence-corrected chi connectivity index (χ4v) is 2.81. The summed E-state index contributed by atoms with van der Waals surface area (Å²) in [5.74, 6) is 2.73. The van der Waals surface area contributed by atoms with E-state index in [1.807, 2.05) is 24.5 Å². The van der Waals surface area contributed by atoms with Gasteiger partial charge in [-0.2, -0.15) is 0 Å². The molecule has 0 bridgehead atoms. The summed E-state index contributed by atoms with van der Waals surface area (Å²) in [4.78, 5) is 13.6. The number of nitrogens with one attached hydrogen (secondary N) is 1. The van der Waals surface area contributed by atoms with Crippen LogP contribution in [0.1, 0.15) is 47.8 Å². The first kappa shape index (κ1) is 11.8. The van der Waals surface area contributed by atoms with E-state index in [-0.39, 0.29) is 0 Å². The number of rotatable bonds is 4. The van der Waals surface area contributed by atoms with Crippen LogP contribution in [0.4, 0.5) is 5.82 Å². The first-order valence-corrected chi connectivity index (χ1v) is 7.42. The van der Waals surface area contributed by atoms with Gasteiger partial charge in [-0.1, -0.05) is 0 Å². The smallest absolute Gasteiger partial charge is 0.134 e. The van der Waals surface area contributed by atoms with Crippen molar-refractivity contribution < 1.29 is 0 Å². The van der Waals surface area contributed by atoms with Crippen molar-refractivity contribution in [3.63, 3.8) is 0 Å². The lowest BCUT2D eigenvalue weighted by Crippen LogP contribution is -2.08. The predicted molar refractivity (Wildman–Crippen MR) is 77.6 cm³/mol. The highest BCUT2D eigenvalue weighted by molar-refractivity contribution is 5.49. The molecule has 1 saturated carbocycles. The molecule has 20 heavy (non-hydrogen) atoms. The molecule has 0 unspecified atom stereocenters. The van der Waals surface area contributed by atoms with Crippen molar-refractivity contribution in [2.45, 2.75) is 44.6 Å². The molecule has 0 spiro atoms. The Morgan fingerprint density at radius 3 is 2.75 bits per heavy atom. The summed E-state index contributed by atoms with van der Waals surface area (Å²) in [6.07, 6.45) is 9.60. The lowest BCUT2D eigenvalue weighted by atomic mass is 10.2. The molecule has 0 saturated heterocycles. The van der Waals surface area contributed by atoms with E-state index in [4.69, 9.17) is 9.97 Å². The Morgan fingerprint density at radius 1 is 1.10 bits per heavy atom. The number of fused-ring (bicyclic) bond motifs is 1. The van der Waals surface area contributed by atoms with Crippen LogP contribution in [0.2, 0.25) is 0 Å².